The summed E-state index contributed by atoms with van der Waals surface area (Å²) in [7, 11) is 0. The second-order valence-electron chi connectivity index (χ2n) is 7.50. The molecular formula is C24H36Zr. The molecule has 0 amide bonds. The number of unbranched alkanes of at least 4 members (excludes halogenated alkanes) is 2. The van der Waals surface area contributed by atoms with Crippen LogP contribution in [0.1, 0.15) is 65.2 Å². The average Bonchev–Trinajstić information content (AvgIpc) is 3.27. The van der Waals surface area contributed by atoms with Gasteiger partial charge in [-0.3, -0.25) is 0 Å². The van der Waals surface area contributed by atoms with Gasteiger partial charge >= 0.3 is 161 Å². The third-order valence-electron chi connectivity index (χ3n) is 5.80. The average molecular weight is 416 g/mol. The zero-order valence-corrected chi connectivity index (χ0v) is 18.9. The van der Waals surface area contributed by atoms with E-state index >= 15 is 0 Å². The third kappa shape index (κ3) is 4.74. The van der Waals surface area contributed by atoms with Crippen LogP contribution < -0.4 is 0 Å². The van der Waals surface area contributed by atoms with Gasteiger partial charge < -0.3 is 0 Å². The summed E-state index contributed by atoms with van der Waals surface area (Å²) in [6, 6.07) is 0. The van der Waals surface area contributed by atoms with Crippen molar-refractivity contribution in [2.75, 3.05) is 0 Å². The van der Waals surface area contributed by atoms with Crippen LogP contribution in [0, 0.1) is 0 Å². The summed E-state index contributed by atoms with van der Waals surface area (Å²) in [5, 5.41) is 0. The van der Waals surface area contributed by atoms with E-state index in [4.69, 9.17) is 0 Å². The van der Waals surface area contributed by atoms with Gasteiger partial charge in [0.05, 0.1) is 0 Å². The van der Waals surface area contributed by atoms with Gasteiger partial charge in [-0.15, -0.1) is 0 Å². The maximum absolute atomic E-state index is 4.18. The van der Waals surface area contributed by atoms with Crippen molar-refractivity contribution >= 4 is 0 Å². The molecular weight excluding hydrogens is 379 g/mol. The van der Waals surface area contributed by atoms with Crippen LogP contribution in [0.25, 0.3) is 0 Å². The normalized spacial score (nSPS) is 17.0. The predicted molar refractivity (Wildman–Crippen MR) is 111 cm³/mol. The maximum atomic E-state index is 4.18. The fourth-order valence-electron chi connectivity index (χ4n) is 4.56. The molecule has 0 saturated heterocycles. The van der Waals surface area contributed by atoms with E-state index in [1.54, 1.807) is 11.1 Å². The van der Waals surface area contributed by atoms with Gasteiger partial charge in [-0.2, -0.15) is 0 Å². The molecule has 2 aliphatic carbocycles. The molecule has 0 spiro atoms. The molecule has 136 valence electrons. The first-order valence-electron chi connectivity index (χ1n) is 10.2. The molecule has 0 atom stereocenters. The molecule has 0 aliphatic heterocycles. The van der Waals surface area contributed by atoms with E-state index in [0.717, 1.165) is 0 Å². The molecule has 0 radical (unpaired) electrons. The summed E-state index contributed by atoms with van der Waals surface area (Å²) in [6.07, 6.45) is 24.3. The topological polar surface area (TPSA) is 0 Å². The Hall–Kier alpha value is -0.677. The standard InChI is InChI=1S/2C9H13.2C3H5.Zr/c2*1-2-3-6-9-7-4-5-8-9;2*1-3-2;/h2*4,7H,2-3,5-6H2,1H3;2*3H,1-2H2;. The zero-order chi connectivity index (χ0) is 18.1. The van der Waals surface area contributed by atoms with Crippen LogP contribution >= 0.6 is 0 Å². The van der Waals surface area contributed by atoms with Gasteiger partial charge in [-0.25, -0.2) is 0 Å². The molecule has 2 aliphatic rings. The molecule has 1 heteroatoms. The van der Waals surface area contributed by atoms with Crippen LogP contribution in [0.5, 0.6) is 0 Å². The molecule has 0 bridgehead atoms. The molecule has 0 heterocycles. The number of allylic oxidation sites excluding steroid dienone is 10. The SMILES string of the molecule is C=C[CH2][Zr]([CH2]C=C)([C]1=C(CCCC)C=CC1)[C]1=C(CCCC)C=CC1. The molecule has 2 rings (SSSR count). The molecule has 25 heavy (non-hydrogen) atoms. The minimum absolute atomic E-state index is 1.20. The van der Waals surface area contributed by atoms with Crippen LogP contribution in [0.3, 0.4) is 0 Å². The Morgan fingerprint density at radius 1 is 0.840 bits per heavy atom. The number of hydrogen-bond acceptors (Lipinski definition) is 0. The monoisotopic (exact) mass is 414 g/mol. The van der Waals surface area contributed by atoms with E-state index in [2.05, 4.69) is 63.5 Å². The van der Waals surface area contributed by atoms with Crippen molar-refractivity contribution < 1.29 is 20.3 Å². The molecule has 0 nitrogen and oxygen atoms in total. The van der Waals surface area contributed by atoms with E-state index in [9.17, 15) is 0 Å². The number of rotatable bonds is 12. The Kier molecular flexibility index (Phi) is 8.64. The Morgan fingerprint density at radius 3 is 1.64 bits per heavy atom. The van der Waals surface area contributed by atoms with Gasteiger partial charge in [0.25, 0.3) is 0 Å². The fourth-order valence-corrected chi connectivity index (χ4v) is 17.3. The molecule has 0 aromatic heterocycles. The second-order valence-corrected chi connectivity index (χ2v) is 17.8. The van der Waals surface area contributed by atoms with Crippen LogP contribution in [-0.4, -0.2) is 0 Å². The second kappa shape index (κ2) is 10.5. The van der Waals surface area contributed by atoms with E-state index in [1.165, 1.54) is 59.6 Å². The Morgan fingerprint density at radius 2 is 1.28 bits per heavy atom. The van der Waals surface area contributed by atoms with Gasteiger partial charge in [-0.05, 0) is 0 Å². The van der Waals surface area contributed by atoms with Crippen molar-refractivity contribution in [3.63, 3.8) is 0 Å². The third-order valence-corrected chi connectivity index (χ3v) is 18.9. The van der Waals surface area contributed by atoms with Gasteiger partial charge in [-0.1, -0.05) is 0 Å². The summed E-state index contributed by atoms with van der Waals surface area (Å²) in [4.78, 5) is 0. The van der Waals surface area contributed by atoms with Crippen LogP contribution in [0.2, 0.25) is 8.26 Å². The first-order valence-corrected chi connectivity index (χ1v) is 16.2. The summed E-state index contributed by atoms with van der Waals surface area (Å²) >= 11 is -2.71. The molecule has 0 fully saturated rings. The van der Waals surface area contributed by atoms with Gasteiger partial charge in [0.2, 0.25) is 0 Å². The zero-order valence-electron chi connectivity index (χ0n) is 16.4. The Labute approximate surface area is 160 Å². The van der Waals surface area contributed by atoms with Crippen molar-refractivity contribution in [3.05, 3.63) is 67.3 Å². The van der Waals surface area contributed by atoms with Crippen LogP contribution in [-0.2, 0) is 20.3 Å². The van der Waals surface area contributed by atoms with E-state index in [-0.39, 0.29) is 0 Å². The van der Waals surface area contributed by atoms with Crippen LogP contribution in [0.15, 0.2) is 67.3 Å². The van der Waals surface area contributed by atoms with E-state index < -0.39 is 20.3 Å². The minimum atomic E-state index is -2.71. The van der Waals surface area contributed by atoms with Gasteiger partial charge in [0.15, 0.2) is 0 Å². The Balaban J connectivity index is 2.50. The van der Waals surface area contributed by atoms with Crippen molar-refractivity contribution in [2.24, 2.45) is 0 Å². The van der Waals surface area contributed by atoms with Crippen molar-refractivity contribution in [1.29, 1.82) is 0 Å². The van der Waals surface area contributed by atoms with Crippen molar-refractivity contribution in [3.8, 4) is 0 Å². The first kappa shape index (κ1) is 20.6. The molecule has 0 aromatic carbocycles. The molecule has 0 saturated carbocycles. The summed E-state index contributed by atoms with van der Waals surface area (Å²) in [5.41, 5.74) is 3.35. The summed E-state index contributed by atoms with van der Waals surface area (Å²) < 4.78 is 6.19. The summed E-state index contributed by atoms with van der Waals surface area (Å²) in [6.45, 7) is 13.0. The molecule has 0 unspecified atom stereocenters. The first-order chi connectivity index (χ1) is 12.2. The quantitative estimate of drug-likeness (QED) is 0.282. The van der Waals surface area contributed by atoms with E-state index in [0.29, 0.717) is 0 Å². The van der Waals surface area contributed by atoms with Gasteiger partial charge in [0.1, 0.15) is 0 Å². The Bertz CT molecular complexity index is 544. The van der Waals surface area contributed by atoms with Crippen molar-refractivity contribution in [1.82, 2.24) is 0 Å². The van der Waals surface area contributed by atoms with Crippen LogP contribution in [0.4, 0.5) is 0 Å². The van der Waals surface area contributed by atoms with Gasteiger partial charge in [0, 0.05) is 0 Å². The fraction of sp³-hybridized carbons (Fsp3) is 0.500. The summed E-state index contributed by atoms with van der Waals surface area (Å²) in [5.74, 6) is 0. The molecule has 0 aromatic rings. The predicted octanol–water partition coefficient (Wildman–Crippen LogP) is 8.16. The molecule has 0 N–H and O–H groups in total. The number of hydrogen-bond donors (Lipinski definition) is 0. The van der Waals surface area contributed by atoms with Crippen molar-refractivity contribution in [2.45, 2.75) is 73.5 Å². The van der Waals surface area contributed by atoms with E-state index in [1.807, 2.05) is 6.56 Å².